The third-order valence-electron chi connectivity index (χ3n) is 8.22. The first-order valence-corrected chi connectivity index (χ1v) is 12.8. The second-order valence-electron chi connectivity index (χ2n) is 11.4. The van der Waals surface area contributed by atoms with E-state index in [4.69, 9.17) is 16.0 Å². The van der Waals surface area contributed by atoms with Crippen molar-refractivity contribution in [2.24, 2.45) is 0 Å². The van der Waals surface area contributed by atoms with Crippen molar-refractivity contribution in [2.75, 3.05) is 0 Å². The zero-order chi connectivity index (χ0) is 23.7. The molecule has 2 aliphatic carbocycles. The van der Waals surface area contributed by atoms with Gasteiger partial charge in [0.15, 0.2) is 0 Å². The van der Waals surface area contributed by atoms with Gasteiger partial charge < -0.3 is 8.98 Å². The average molecular weight is 470 g/mol. The number of aromatic nitrogens is 1. The third kappa shape index (κ3) is 3.46. The van der Waals surface area contributed by atoms with Crippen molar-refractivity contribution in [3.05, 3.63) is 94.0 Å². The molecule has 2 aromatic carbocycles. The minimum Gasteiger partial charge on any atom is -0.467 e. The summed E-state index contributed by atoms with van der Waals surface area (Å²) >= 11 is 6.21. The summed E-state index contributed by atoms with van der Waals surface area (Å²) in [5.74, 6) is 0.979. The maximum Gasteiger partial charge on any atom is 0.123 e. The van der Waals surface area contributed by atoms with Crippen LogP contribution in [0.15, 0.2) is 65.4 Å². The molecule has 2 aliphatic rings. The molecule has 0 aliphatic heterocycles. The number of benzene rings is 2. The highest BCUT2D eigenvalue weighted by molar-refractivity contribution is 6.30. The Hall–Kier alpha value is -2.71. The molecule has 2 heterocycles. The van der Waals surface area contributed by atoms with E-state index in [2.05, 4.69) is 68.8 Å². The minimum absolute atomic E-state index is 0.189. The fourth-order valence-corrected chi connectivity index (χ4v) is 6.21. The molecule has 0 spiro atoms. The quantitative estimate of drug-likeness (QED) is 0.294. The lowest BCUT2D eigenvalue weighted by atomic mass is 9.62. The third-order valence-corrected chi connectivity index (χ3v) is 8.47. The maximum absolute atomic E-state index is 6.21. The van der Waals surface area contributed by atoms with Crippen LogP contribution in [0.4, 0.5) is 0 Å². The van der Waals surface area contributed by atoms with Crippen LogP contribution < -0.4 is 0 Å². The van der Waals surface area contributed by atoms with Gasteiger partial charge in [0.05, 0.1) is 18.5 Å². The summed E-state index contributed by atoms with van der Waals surface area (Å²) in [5.41, 5.74) is 11.7. The Morgan fingerprint density at radius 2 is 1.59 bits per heavy atom. The number of fused-ring (bicyclic) bond motifs is 4. The first-order valence-electron chi connectivity index (χ1n) is 12.4. The fraction of sp³-hybridized carbons (Fsp3) is 0.355. The molecule has 0 fully saturated rings. The molecule has 3 heteroatoms. The van der Waals surface area contributed by atoms with Gasteiger partial charge in [0.1, 0.15) is 5.76 Å². The number of furan rings is 1. The van der Waals surface area contributed by atoms with Crippen LogP contribution >= 0.6 is 11.6 Å². The standard InChI is InChI=1S/C31H32ClNO/c1-30(2)13-14-31(3,4)28-17-25-21(16-27(28)30)9-12-24-26(20-7-10-22(32)11-8-20)19-33(29(24)25)18-23-6-5-15-34-23/h5-8,10-11,15-17,19H,9,12-14,18H2,1-4H3. The van der Waals surface area contributed by atoms with Gasteiger partial charge in [0.25, 0.3) is 0 Å². The summed E-state index contributed by atoms with van der Waals surface area (Å²) in [5, 5.41) is 0.773. The van der Waals surface area contributed by atoms with Gasteiger partial charge in [0.2, 0.25) is 0 Å². The monoisotopic (exact) mass is 469 g/mol. The van der Waals surface area contributed by atoms with Gasteiger partial charge in [-0.05, 0) is 94.7 Å². The second-order valence-corrected chi connectivity index (χ2v) is 11.8. The van der Waals surface area contributed by atoms with E-state index in [0.29, 0.717) is 0 Å². The lowest BCUT2D eigenvalue weighted by molar-refractivity contribution is 0.331. The molecule has 0 bridgehead atoms. The summed E-state index contributed by atoms with van der Waals surface area (Å²) < 4.78 is 8.17. The van der Waals surface area contributed by atoms with Crippen LogP contribution in [-0.2, 0) is 30.2 Å². The number of aryl methyl sites for hydroxylation is 1. The lowest BCUT2D eigenvalue weighted by Crippen LogP contribution is -2.34. The predicted molar refractivity (Wildman–Crippen MR) is 141 cm³/mol. The molecule has 2 nitrogen and oxygen atoms in total. The van der Waals surface area contributed by atoms with Crippen molar-refractivity contribution in [3.8, 4) is 22.4 Å². The molecule has 34 heavy (non-hydrogen) atoms. The Morgan fingerprint density at radius 1 is 0.882 bits per heavy atom. The molecule has 0 saturated carbocycles. The highest BCUT2D eigenvalue weighted by Gasteiger charge is 2.38. The Kier molecular flexibility index (Phi) is 4.90. The van der Waals surface area contributed by atoms with Crippen LogP contribution in [-0.4, -0.2) is 4.57 Å². The van der Waals surface area contributed by atoms with Gasteiger partial charge in [0, 0.05) is 22.3 Å². The summed E-state index contributed by atoms with van der Waals surface area (Å²) in [7, 11) is 0. The normalized spacial score (nSPS) is 17.7. The van der Waals surface area contributed by atoms with Gasteiger partial charge in [-0.15, -0.1) is 0 Å². The maximum atomic E-state index is 6.21. The zero-order valence-corrected chi connectivity index (χ0v) is 21.3. The first-order chi connectivity index (χ1) is 16.2. The van der Waals surface area contributed by atoms with Crippen molar-refractivity contribution in [1.82, 2.24) is 4.57 Å². The van der Waals surface area contributed by atoms with Crippen LogP contribution in [0.5, 0.6) is 0 Å². The molecule has 0 saturated heterocycles. The number of hydrogen-bond donors (Lipinski definition) is 0. The molecule has 0 unspecified atom stereocenters. The Morgan fingerprint density at radius 3 is 2.26 bits per heavy atom. The highest BCUT2D eigenvalue weighted by atomic mass is 35.5. The SMILES string of the molecule is CC1(C)CCC(C)(C)c2cc3c(cc21)CCc1c(-c2ccc(Cl)cc2)cn(Cc2ccco2)c1-3. The molecule has 2 aromatic heterocycles. The van der Waals surface area contributed by atoms with Crippen LogP contribution in [0.2, 0.25) is 5.02 Å². The van der Waals surface area contributed by atoms with E-state index >= 15 is 0 Å². The van der Waals surface area contributed by atoms with E-state index in [-0.39, 0.29) is 10.8 Å². The first kappa shape index (κ1) is 21.8. The molecule has 0 atom stereocenters. The van der Waals surface area contributed by atoms with Gasteiger partial charge in [-0.2, -0.15) is 0 Å². The van der Waals surface area contributed by atoms with E-state index in [0.717, 1.165) is 30.2 Å². The largest absolute Gasteiger partial charge is 0.467 e. The van der Waals surface area contributed by atoms with Gasteiger partial charge in [-0.3, -0.25) is 0 Å². The van der Waals surface area contributed by atoms with Crippen LogP contribution in [0.1, 0.15) is 68.6 Å². The van der Waals surface area contributed by atoms with Crippen molar-refractivity contribution in [3.63, 3.8) is 0 Å². The topological polar surface area (TPSA) is 18.1 Å². The fourth-order valence-electron chi connectivity index (χ4n) is 6.09. The number of halogens is 1. The molecule has 0 radical (unpaired) electrons. The smallest absolute Gasteiger partial charge is 0.123 e. The molecule has 4 aromatic rings. The van der Waals surface area contributed by atoms with Crippen molar-refractivity contribution < 1.29 is 4.42 Å². The predicted octanol–water partition coefficient (Wildman–Crippen LogP) is 8.56. The lowest BCUT2D eigenvalue weighted by Gasteiger charge is -2.43. The molecular weight excluding hydrogens is 438 g/mol. The van der Waals surface area contributed by atoms with Crippen molar-refractivity contribution in [1.29, 1.82) is 0 Å². The van der Waals surface area contributed by atoms with Gasteiger partial charge >= 0.3 is 0 Å². The summed E-state index contributed by atoms with van der Waals surface area (Å²) in [6, 6.07) is 17.4. The average Bonchev–Trinajstić information content (AvgIpc) is 3.45. The van der Waals surface area contributed by atoms with Crippen LogP contribution in [0, 0.1) is 0 Å². The number of rotatable bonds is 3. The second kappa shape index (κ2) is 7.65. The Labute approximate surface area is 207 Å². The molecular formula is C31H32ClNO. The molecule has 0 amide bonds. The Bertz CT molecular complexity index is 1370. The number of hydrogen-bond acceptors (Lipinski definition) is 1. The van der Waals surface area contributed by atoms with E-state index in [1.54, 1.807) is 11.8 Å². The summed E-state index contributed by atoms with van der Waals surface area (Å²) in [6.45, 7) is 10.4. The molecule has 0 N–H and O–H groups in total. The summed E-state index contributed by atoms with van der Waals surface area (Å²) in [4.78, 5) is 0. The van der Waals surface area contributed by atoms with Crippen LogP contribution in [0.3, 0.4) is 0 Å². The van der Waals surface area contributed by atoms with Crippen molar-refractivity contribution >= 4 is 11.6 Å². The van der Waals surface area contributed by atoms with E-state index < -0.39 is 0 Å². The summed E-state index contributed by atoms with van der Waals surface area (Å²) in [6.07, 6.45) is 8.68. The number of nitrogens with zero attached hydrogens (tertiary/aromatic N) is 1. The van der Waals surface area contributed by atoms with E-state index in [9.17, 15) is 0 Å². The van der Waals surface area contributed by atoms with E-state index in [1.165, 1.54) is 51.9 Å². The highest BCUT2D eigenvalue weighted by Crippen LogP contribution is 2.50. The molecule has 6 rings (SSSR count). The Balaban J connectivity index is 1.58. The van der Waals surface area contributed by atoms with Crippen LogP contribution in [0.25, 0.3) is 22.4 Å². The van der Waals surface area contributed by atoms with E-state index in [1.807, 2.05) is 18.2 Å². The zero-order valence-electron chi connectivity index (χ0n) is 20.5. The molecule has 174 valence electrons. The minimum atomic E-state index is 0.189. The van der Waals surface area contributed by atoms with Gasteiger partial charge in [-0.1, -0.05) is 57.5 Å². The van der Waals surface area contributed by atoms with Gasteiger partial charge in [-0.25, -0.2) is 0 Å². The van der Waals surface area contributed by atoms with Crippen molar-refractivity contribution in [2.45, 2.75) is 70.8 Å².